The molecule has 0 fully saturated rings. The number of thiophene rings is 1. The molecule has 0 N–H and O–H groups in total. The Morgan fingerprint density at radius 2 is 0.883 bits per heavy atom. The fourth-order valence-electron chi connectivity index (χ4n) is 8.81. The Labute approximate surface area is 350 Å². The minimum Gasteiger partial charge on any atom is -0.309 e. The first-order chi connectivity index (χ1) is 29.7. The summed E-state index contributed by atoms with van der Waals surface area (Å²) in [5, 5.41) is 7.62. The number of nitrogens with zero attached hydrogens (tertiary/aromatic N) is 4. The zero-order chi connectivity index (χ0) is 39.6. The molecule has 3 heterocycles. The fourth-order valence-corrected chi connectivity index (χ4v) is 9.97. The smallest absolute Gasteiger partial charge is 0.164 e. The van der Waals surface area contributed by atoms with Gasteiger partial charge in [0.25, 0.3) is 0 Å². The van der Waals surface area contributed by atoms with E-state index in [1.165, 1.54) is 41.7 Å². The zero-order valence-electron chi connectivity index (χ0n) is 32.3. The van der Waals surface area contributed by atoms with Gasteiger partial charge in [0.05, 0.1) is 16.7 Å². The van der Waals surface area contributed by atoms with Crippen molar-refractivity contribution in [2.75, 3.05) is 0 Å². The van der Waals surface area contributed by atoms with E-state index in [2.05, 4.69) is 193 Å². The van der Waals surface area contributed by atoms with Crippen molar-refractivity contribution in [3.05, 3.63) is 206 Å². The van der Waals surface area contributed by atoms with Crippen LogP contribution in [0.1, 0.15) is 0 Å². The van der Waals surface area contributed by atoms with Crippen LogP contribution < -0.4 is 0 Å². The SMILES string of the molecule is c1ccc(-c2nc(-c3cccc(-c4ccc5c(c4)sc4ccc6ccccc6c45)c3)nc(-c3ccc(-c4ccccc4)c(-n4c5ccccc5c5ccccc54)c3)n2)cc1. The van der Waals surface area contributed by atoms with Crippen LogP contribution in [-0.4, -0.2) is 19.5 Å². The van der Waals surface area contributed by atoms with Gasteiger partial charge in [-0.2, -0.15) is 0 Å². The third-order valence-corrected chi connectivity index (χ3v) is 12.8. The van der Waals surface area contributed by atoms with Crippen LogP contribution in [0.3, 0.4) is 0 Å². The van der Waals surface area contributed by atoms with Gasteiger partial charge >= 0.3 is 0 Å². The molecule has 0 unspecified atom stereocenters. The van der Waals surface area contributed by atoms with Gasteiger partial charge in [-0.15, -0.1) is 11.3 Å². The molecule has 0 aliphatic carbocycles. The van der Waals surface area contributed by atoms with Gasteiger partial charge in [0.1, 0.15) is 0 Å². The van der Waals surface area contributed by atoms with E-state index in [9.17, 15) is 0 Å². The highest BCUT2D eigenvalue weighted by Gasteiger charge is 2.19. The number of rotatable bonds is 6. The molecule has 0 aliphatic heterocycles. The summed E-state index contributed by atoms with van der Waals surface area (Å²) in [7, 11) is 0. The minimum atomic E-state index is 0.616. The molecule has 3 aromatic heterocycles. The number of hydrogen-bond acceptors (Lipinski definition) is 4. The van der Waals surface area contributed by atoms with E-state index in [0.29, 0.717) is 17.5 Å². The molecule has 4 nitrogen and oxygen atoms in total. The van der Waals surface area contributed by atoms with Gasteiger partial charge in [-0.05, 0) is 63.9 Å². The second-order valence-electron chi connectivity index (χ2n) is 15.2. The molecule has 0 saturated carbocycles. The van der Waals surface area contributed by atoms with Crippen LogP contribution in [0.5, 0.6) is 0 Å². The second kappa shape index (κ2) is 14.0. The largest absolute Gasteiger partial charge is 0.309 e. The van der Waals surface area contributed by atoms with Gasteiger partial charge in [-0.25, -0.2) is 15.0 Å². The van der Waals surface area contributed by atoms with E-state index in [1.54, 1.807) is 0 Å². The first-order valence-corrected chi connectivity index (χ1v) is 21.0. The molecule has 0 amide bonds. The maximum absolute atomic E-state index is 5.26. The summed E-state index contributed by atoms with van der Waals surface area (Å²) in [6.07, 6.45) is 0. The van der Waals surface area contributed by atoms with Crippen LogP contribution in [0.2, 0.25) is 0 Å². The first-order valence-electron chi connectivity index (χ1n) is 20.2. The van der Waals surface area contributed by atoms with Gasteiger partial charge in [-0.3, -0.25) is 0 Å². The summed E-state index contributed by atoms with van der Waals surface area (Å²) in [4.78, 5) is 15.6. The molecular weight excluding hydrogens is 749 g/mol. The molecule has 5 heteroatoms. The van der Waals surface area contributed by atoms with Gasteiger partial charge in [-0.1, -0.05) is 170 Å². The van der Waals surface area contributed by atoms with Crippen molar-refractivity contribution in [3.8, 4) is 62.1 Å². The van der Waals surface area contributed by atoms with Crippen molar-refractivity contribution in [2.24, 2.45) is 0 Å². The summed E-state index contributed by atoms with van der Waals surface area (Å²) in [5.74, 6) is 1.87. The van der Waals surface area contributed by atoms with E-state index in [0.717, 1.165) is 55.7 Å². The average Bonchev–Trinajstić information content (AvgIpc) is 3.88. The number of aromatic nitrogens is 4. The second-order valence-corrected chi connectivity index (χ2v) is 16.3. The molecule has 60 heavy (non-hydrogen) atoms. The highest BCUT2D eigenvalue weighted by atomic mass is 32.1. The lowest BCUT2D eigenvalue weighted by Gasteiger charge is -2.16. The number of para-hydroxylation sites is 2. The molecule has 0 atom stereocenters. The molecule has 0 bridgehead atoms. The van der Waals surface area contributed by atoms with E-state index < -0.39 is 0 Å². The van der Waals surface area contributed by atoms with Gasteiger partial charge in [0.2, 0.25) is 0 Å². The maximum atomic E-state index is 5.26. The summed E-state index contributed by atoms with van der Waals surface area (Å²) in [6, 6.07) is 73.3. The molecule has 280 valence electrons. The van der Waals surface area contributed by atoms with Crippen molar-refractivity contribution < 1.29 is 0 Å². The molecule has 0 radical (unpaired) electrons. The van der Waals surface area contributed by atoms with Crippen molar-refractivity contribution in [3.63, 3.8) is 0 Å². The summed E-state index contributed by atoms with van der Waals surface area (Å²) in [6.45, 7) is 0. The number of benzene rings is 9. The van der Waals surface area contributed by atoms with Crippen molar-refractivity contribution in [1.82, 2.24) is 19.5 Å². The van der Waals surface area contributed by atoms with E-state index in [1.807, 2.05) is 29.5 Å². The molecule has 0 spiro atoms. The van der Waals surface area contributed by atoms with Gasteiger partial charge in [0, 0.05) is 53.2 Å². The van der Waals surface area contributed by atoms with Crippen LogP contribution in [0.25, 0.3) is 115 Å². The van der Waals surface area contributed by atoms with E-state index >= 15 is 0 Å². The predicted molar refractivity (Wildman–Crippen MR) is 252 cm³/mol. The van der Waals surface area contributed by atoms with Crippen molar-refractivity contribution in [2.45, 2.75) is 0 Å². The highest BCUT2D eigenvalue weighted by Crippen LogP contribution is 2.41. The van der Waals surface area contributed by atoms with Crippen LogP contribution in [0.4, 0.5) is 0 Å². The normalized spacial score (nSPS) is 11.7. The summed E-state index contributed by atoms with van der Waals surface area (Å²) < 4.78 is 4.96. The third kappa shape index (κ3) is 5.70. The third-order valence-electron chi connectivity index (χ3n) is 11.6. The van der Waals surface area contributed by atoms with Crippen LogP contribution in [-0.2, 0) is 0 Å². The molecule has 0 aliphatic rings. The van der Waals surface area contributed by atoms with Crippen molar-refractivity contribution >= 4 is 64.1 Å². The topological polar surface area (TPSA) is 43.6 Å². The zero-order valence-corrected chi connectivity index (χ0v) is 33.1. The fraction of sp³-hybridized carbons (Fsp3) is 0. The Kier molecular flexibility index (Phi) is 8.00. The standard InChI is InChI=1S/C55H34N4S/c1-3-14-35(15-4-1)42-29-27-41(33-49(42)59-47-24-11-9-22-44(47)45-23-10-12-25-48(45)59)55-57-53(37-17-5-2-6-18-37)56-54(58-55)40-20-13-19-38(32-40)39-26-30-46-51(34-39)60-50-31-28-36-16-7-8-21-43(36)52(46)50/h1-34H. The Bertz CT molecular complexity index is 3550. The maximum Gasteiger partial charge on any atom is 0.164 e. The van der Waals surface area contributed by atoms with E-state index in [4.69, 9.17) is 15.0 Å². The Hall–Kier alpha value is -7.73. The quantitative estimate of drug-likeness (QED) is 0.169. The summed E-state index contributed by atoms with van der Waals surface area (Å²) >= 11 is 1.85. The summed E-state index contributed by atoms with van der Waals surface area (Å²) in [5.41, 5.74) is 10.7. The molecule has 12 rings (SSSR count). The van der Waals surface area contributed by atoms with Crippen LogP contribution in [0.15, 0.2) is 206 Å². The molecule has 12 aromatic rings. The minimum absolute atomic E-state index is 0.616. The molecular formula is C55H34N4S. The van der Waals surface area contributed by atoms with Crippen molar-refractivity contribution in [1.29, 1.82) is 0 Å². The lowest BCUT2D eigenvalue weighted by atomic mass is 9.99. The number of fused-ring (bicyclic) bond motifs is 8. The Balaban J connectivity index is 1.02. The molecule has 9 aromatic carbocycles. The Morgan fingerprint density at radius 1 is 0.333 bits per heavy atom. The van der Waals surface area contributed by atoms with Crippen LogP contribution >= 0.6 is 11.3 Å². The van der Waals surface area contributed by atoms with Crippen LogP contribution in [0, 0.1) is 0 Å². The molecule has 0 saturated heterocycles. The average molecular weight is 783 g/mol. The predicted octanol–water partition coefficient (Wildman–Crippen LogP) is 14.8. The monoisotopic (exact) mass is 782 g/mol. The van der Waals surface area contributed by atoms with Gasteiger partial charge < -0.3 is 4.57 Å². The highest BCUT2D eigenvalue weighted by molar-refractivity contribution is 7.26. The Morgan fingerprint density at radius 3 is 1.62 bits per heavy atom. The lowest BCUT2D eigenvalue weighted by molar-refractivity contribution is 1.07. The first kappa shape index (κ1) is 34.3. The lowest BCUT2D eigenvalue weighted by Crippen LogP contribution is -2.02. The number of hydrogen-bond donors (Lipinski definition) is 0. The van der Waals surface area contributed by atoms with Gasteiger partial charge in [0.15, 0.2) is 17.5 Å². The van der Waals surface area contributed by atoms with E-state index in [-0.39, 0.29) is 0 Å².